The molecule has 1 amide bonds. The van der Waals surface area contributed by atoms with Crippen molar-refractivity contribution in [2.75, 3.05) is 31.6 Å². The van der Waals surface area contributed by atoms with Crippen molar-refractivity contribution in [2.24, 2.45) is 5.92 Å². The fraction of sp³-hybridized carbons (Fsp3) is 0.385. The number of anilines is 1. The molecule has 190 valence electrons. The van der Waals surface area contributed by atoms with Gasteiger partial charge in [0, 0.05) is 36.0 Å². The molecule has 2 aliphatic rings. The summed E-state index contributed by atoms with van der Waals surface area (Å²) < 4.78 is 38.8. The number of ether oxygens (including phenoxy) is 2. The number of carbonyl (C=O) groups is 1. The van der Waals surface area contributed by atoms with Crippen LogP contribution in [0.2, 0.25) is 0 Å². The van der Waals surface area contributed by atoms with Gasteiger partial charge in [0.1, 0.15) is 13.2 Å². The van der Waals surface area contributed by atoms with Crippen molar-refractivity contribution in [1.82, 2.24) is 9.29 Å². The van der Waals surface area contributed by atoms with Crippen molar-refractivity contribution in [3.05, 3.63) is 52.4 Å². The van der Waals surface area contributed by atoms with Crippen LogP contribution in [-0.2, 0) is 14.8 Å². The third-order valence-corrected chi connectivity index (χ3v) is 9.30. The molecule has 10 heteroatoms. The number of piperidine rings is 1. The summed E-state index contributed by atoms with van der Waals surface area (Å²) in [6, 6.07) is 8.95. The molecular weight excluding hydrogens is 498 g/mol. The van der Waals surface area contributed by atoms with Gasteiger partial charge in [-0.25, -0.2) is 13.4 Å². The van der Waals surface area contributed by atoms with Gasteiger partial charge in [0.2, 0.25) is 15.9 Å². The quantitative estimate of drug-likeness (QED) is 0.523. The standard InChI is InChI=1S/C26H29N3O5S2/c1-16-12-17(2)24(18(3)13-16)21-15-35-26(27-21)28-25(30)19-6-8-29(9-7-19)36(31,32)20-4-5-22-23(14-20)34-11-10-33-22/h4-5,12-15,19H,6-11H2,1-3H3,(H,27,28,30). The molecule has 1 fully saturated rings. The number of fused-ring (bicyclic) bond motifs is 1. The van der Waals surface area contributed by atoms with Crippen LogP contribution in [0.1, 0.15) is 29.5 Å². The Kier molecular flexibility index (Phi) is 6.76. The van der Waals surface area contributed by atoms with Gasteiger partial charge < -0.3 is 14.8 Å². The maximum absolute atomic E-state index is 13.2. The number of sulfonamides is 1. The van der Waals surface area contributed by atoms with E-state index < -0.39 is 10.0 Å². The summed E-state index contributed by atoms with van der Waals surface area (Å²) in [5.74, 6) is 0.598. The van der Waals surface area contributed by atoms with Crippen LogP contribution in [0.25, 0.3) is 11.3 Å². The summed E-state index contributed by atoms with van der Waals surface area (Å²) in [5.41, 5.74) is 5.46. The summed E-state index contributed by atoms with van der Waals surface area (Å²) in [6.45, 7) is 7.60. The largest absolute Gasteiger partial charge is 0.486 e. The highest BCUT2D eigenvalue weighted by atomic mass is 32.2. The van der Waals surface area contributed by atoms with Gasteiger partial charge in [0.15, 0.2) is 16.6 Å². The van der Waals surface area contributed by atoms with Crippen molar-refractivity contribution in [3.8, 4) is 22.8 Å². The van der Waals surface area contributed by atoms with Crippen molar-refractivity contribution < 1.29 is 22.7 Å². The molecule has 3 aromatic rings. The maximum Gasteiger partial charge on any atom is 0.243 e. The summed E-state index contributed by atoms with van der Waals surface area (Å²) in [7, 11) is -3.69. The third-order valence-electron chi connectivity index (χ3n) is 6.64. The first-order valence-corrected chi connectivity index (χ1v) is 14.3. The molecule has 2 aromatic carbocycles. The van der Waals surface area contributed by atoms with E-state index in [0.29, 0.717) is 42.7 Å². The number of aromatic nitrogens is 1. The van der Waals surface area contributed by atoms with Gasteiger partial charge in [0.25, 0.3) is 0 Å². The highest BCUT2D eigenvalue weighted by Crippen LogP contribution is 2.35. The molecule has 1 saturated heterocycles. The van der Waals surface area contributed by atoms with Gasteiger partial charge in [0.05, 0.1) is 10.6 Å². The van der Waals surface area contributed by atoms with Gasteiger partial charge in [-0.1, -0.05) is 17.7 Å². The van der Waals surface area contributed by atoms with Gasteiger partial charge in [-0.15, -0.1) is 11.3 Å². The van der Waals surface area contributed by atoms with E-state index in [1.54, 1.807) is 12.1 Å². The number of rotatable bonds is 5. The van der Waals surface area contributed by atoms with E-state index in [4.69, 9.17) is 9.47 Å². The first-order chi connectivity index (χ1) is 17.2. The SMILES string of the molecule is Cc1cc(C)c(-c2csc(NC(=O)C3CCN(S(=O)(=O)c4ccc5c(c4)OCCO5)CC3)n2)c(C)c1. The number of nitrogens with one attached hydrogen (secondary N) is 1. The Balaban J connectivity index is 1.22. The minimum Gasteiger partial charge on any atom is -0.486 e. The first-order valence-electron chi connectivity index (χ1n) is 12.0. The molecule has 0 saturated carbocycles. The number of hydrogen-bond donors (Lipinski definition) is 1. The first kappa shape index (κ1) is 24.7. The molecule has 0 aliphatic carbocycles. The van der Waals surface area contributed by atoms with Crippen molar-refractivity contribution in [3.63, 3.8) is 0 Å². The normalized spacial score (nSPS) is 16.6. The van der Waals surface area contributed by atoms with Crippen molar-refractivity contribution in [1.29, 1.82) is 0 Å². The summed E-state index contributed by atoms with van der Waals surface area (Å²) in [5, 5.41) is 5.46. The lowest BCUT2D eigenvalue weighted by molar-refractivity contribution is -0.120. The second kappa shape index (κ2) is 9.84. The number of aryl methyl sites for hydroxylation is 3. The molecule has 1 aromatic heterocycles. The average Bonchev–Trinajstić information content (AvgIpc) is 3.30. The van der Waals surface area contributed by atoms with E-state index in [1.807, 2.05) is 5.38 Å². The fourth-order valence-electron chi connectivity index (χ4n) is 4.93. The van der Waals surface area contributed by atoms with E-state index >= 15 is 0 Å². The smallest absolute Gasteiger partial charge is 0.243 e. The topological polar surface area (TPSA) is 97.8 Å². The van der Waals surface area contributed by atoms with Crippen LogP contribution >= 0.6 is 11.3 Å². The van der Waals surface area contributed by atoms with Gasteiger partial charge >= 0.3 is 0 Å². The Morgan fingerprint density at radius 1 is 1.03 bits per heavy atom. The van der Waals surface area contributed by atoms with Crippen LogP contribution in [0.4, 0.5) is 5.13 Å². The van der Waals surface area contributed by atoms with Crippen LogP contribution in [0, 0.1) is 26.7 Å². The van der Waals surface area contributed by atoms with E-state index in [0.717, 1.165) is 22.4 Å². The molecular formula is C26H29N3O5S2. The van der Waals surface area contributed by atoms with E-state index in [2.05, 4.69) is 43.2 Å². The number of amides is 1. The van der Waals surface area contributed by atoms with Crippen LogP contribution in [0.15, 0.2) is 40.6 Å². The lowest BCUT2D eigenvalue weighted by Gasteiger charge is -2.30. The van der Waals surface area contributed by atoms with Crippen LogP contribution < -0.4 is 14.8 Å². The van der Waals surface area contributed by atoms with Crippen LogP contribution in [0.3, 0.4) is 0 Å². The second-order valence-electron chi connectivity index (χ2n) is 9.28. The summed E-state index contributed by atoms with van der Waals surface area (Å²) in [4.78, 5) is 17.8. The summed E-state index contributed by atoms with van der Waals surface area (Å²) >= 11 is 1.40. The monoisotopic (exact) mass is 527 g/mol. The lowest BCUT2D eigenvalue weighted by atomic mass is 9.97. The predicted octanol–water partition coefficient (Wildman–Crippen LogP) is 4.55. The highest BCUT2D eigenvalue weighted by molar-refractivity contribution is 7.89. The number of benzene rings is 2. The molecule has 0 bridgehead atoms. The highest BCUT2D eigenvalue weighted by Gasteiger charge is 2.33. The molecule has 5 rings (SSSR count). The van der Waals surface area contributed by atoms with E-state index in [-0.39, 0.29) is 29.8 Å². The molecule has 36 heavy (non-hydrogen) atoms. The van der Waals surface area contributed by atoms with Crippen molar-refractivity contribution in [2.45, 2.75) is 38.5 Å². The fourth-order valence-corrected chi connectivity index (χ4v) is 7.12. The lowest BCUT2D eigenvalue weighted by Crippen LogP contribution is -2.41. The molecule has 1 N–H and O–H groups in total. The molecule has 0 spiro atoms. The van der Waals surface area contributed by atoms with Gasteiger partial charge in [-0.3, -0.25) is 4.79 Å². The van der Waals surface area contributed by atoms with Crippen LogP contribution in [0.5, 0.6) is 11.5 Å². The molecule has 3 heterocycles. The second-order valence-corrected chi connectivity index (χ2v) is 12.1. The number of carbonyl (C=O) groups excluding carboxylic acids is 1. The number of hydrogen-bond acceptors (Lipinski definition) is 7. The zero-order chi connectivity index (χ0) is 25.4. The third kappa shape index (κ3) is 4.85. The van der Waals surface area contributed by atoms with E-state index in [9.17, 15) is 13.2 Å². The van der Waals surface area contributed by atoms with Crippen molar-refractivity contribution >= 4 is 32.4 Å². The zero-order valence-electron chi connectivity index (χ0n) is 20.5. The summed E-state index contributed by atoms with van der Waals surface area (Å²) in [6.07, 6.45) is 0.897. The van der Waals surface area contributed by atoms with Crippen LogP contribution in [-0.4, -0.2) is 49.9 Å². The van der Waals surface area contributed by atoms with Gasteiger partial charge in [-0.2, -0.15) is 4.31 Å². The van der Waals surface area contributed by atoms with E-state index in [1.165, 1.54) is 27.3 Å². The minimum absolute atomic E-state index is 0.121. The Hall–Kier alpha value is -2.95. The minimum atomic E-state index is -3.69. The Bertz CT molecular complexity index is 1390. The Morgan fingerprint density at radius 2 is 1.69 bits per heavy atom. The Morgan fingerprint density at radius 3 is 2.39 bits per heavy atom. The molecule has 0 radical (unpaired) electrons. The predicted molar refractivity (Wildman–Crippen MR) is 139 cm³/mol. The molecule has 2 aliphatic heterocycles. The maximum atomic E-state index is 13.2. The molecule has 0 unspecified atom stereocenters. The zero-order valence-corrected chi connectivity index (χ0v) is 22.2. The molecule has 8 nitrogen and oxygen atoms in total. The Labute approximate surface area is 215 Å². The average molecular weight is 528 g/mol. The number of thiazole rings is 1. The number of nitrogens with zero attached hydrogens (tertiary/aromatic N) is 2. The molecule has 0 atom stereocenters. The van der Waals surface area contributed by atoms with Gasteiger partial charge in [-0.05, 0) is 56.9 Å².